The van der Waals surface area contributed by atoms with E-state index in [2.05, 4.69) is 6.92 Å². The smallest absolute Gasteiger partial charge is 0.223 e. The number of hydrogen-bond acceptors (Lipinski definition) is 4. The number of rotatable bonds is 6. The molecule has 2 rings (SSSR count). The van der Waals surface area contributed by atoms with Crippen molar-refractivity contribution in [3.05, 3.63) is 23.8 Å². The van der Waals surface area contributed by atoms with Crippen LogP contribution in [0.2, 0.25) is 0 Å². The van der Waals surface area contributed by atoms with Crippen molar-refractivity contribution in [1.82, 2.24) is 4.90 Å². The third-order valence-corrected chi connectivity index (χ3v) is 4.35. The van der Waals surface area contributed by atoms with Crippen LogP contribution in [-0.2, 0) is 11.2 Å². The van der Waals surface area contributed by atoms with E-state index in [9.17, 15) is 4.79 Å². The molecule has 0 aromatic heterocycles. The molecule has 1 aliphatic rings. The summed E-state index contributed by atoms with van der Waals surface area (Å²) in [5.74, 6) is 2.14. The summed E-state index contributed by atoms with van der Waals surface area (Å²) in [6, 6.07) is 6.03. The summed E-state index contributed by atoms with van der Waals surface area (Å²) in [7, 11) is 3.26. The van der Waals surface area contributed by atoms with E-state index in [1.165, 1.54) is 0 Å². The van der Waals surface area contributed by atoms with Crippen LogP contribution in [0.15, 0.2) is 18.2 Å². The number of benzene rings is 1. The van der Waals surface area contributed by atoms with Crippen molar-refractivity contribution in [3.8, 4) is 11.5 Å². The van der Waals surface area contributed by atoms with Gasteiger partial charge < -0.3 is 20.1 Å². The lowest BCUT2D eigenvalue weighted by atomic mass is 10.1. The Morgan fingerprint density at radius 2 is 1.87 bits per heavy atom. The van der Waals surface area contributed by atoms with Crippen LogP contribution in [0, 0.1) is 5.92 Å². The zero-order chi connectivity index (χ0) is 16.1. The van der Waals surface area contributed by atoms with E-state index in [-0.39, 0.29) is 18.3 Å². The number of likely N-dealkylation sites (tertiary alicyclic amines) is 1. The molecule has 130 valence electrons. The molecule has 0 radical (unpaired) electrons. The molecular weight excluding hydrogens is 316 g/mol. The zero-order valence-corrected chi connectivity index (χ0v) is 14.9. The lowest BCUT2D eigenvalue weighted by Crippen LogP contribution is -2.34. The first-order valence-electron chi connectivity index (χ1n) is 7.78. The summed E-state index contributed by atoms with van der Waals surface area (Å²) in [5, 5.41) is 0. The average molecular weight is 343 g/mol. The zero-order valence-electron chi connectivity index (χ0n) is 14.1. The molecule has 2 atom stereocenters. The molecule has 0 spiro atoms. The second kappa shape index (κ2) is 8.99. The van der Waals surface area contributed by atoms with Crippen LogP contribution in [0.3, 0.4) is 0 Å². The summed E-state index contributed by atoms with van der Waals surface area (Å²) < 4.78 is 10.5. The van der Waals surface area contributed by atoms with Crippen LogP contribution < -0.4 is 15.2 Å². The van der Waals surface area contributed by atoms with E-state index in [1.54, 1.807) is 14.2 Å². The first kappa shape index (κ1) is 19.6. The maximum atomic E-state index is 12.4. The molecule has 1 aromatic rings. The molecule has 1 heterocycles. The van der Waals surface area contributed by atoms with Crippen molar-refractivity contribution in [2.24, 2.45) is 11.7 Å². The van der Waals surface area contributed by atoms with Crippen LogP contribution in [0.5, 0.6) is 11.5 Å². The van der Waals surface area contributed by atoms with Crippen molar-refractivity contribution < 1.29 is 14.3 Å². The molecule has 0 saturated carbocycles. The van der Waals surface area contributed by atoms with E-state index < -0.39 is 0 Å². The Kier molecular flexibility index (Phi) is 7.65. The van der Waals surface area contributed by atoms with Gasteiger partial charge in [0, 0.05) is 25.1 Å². The normalized spacial score (nSPS) is 20.1. The number of amides is 1. The molecule has 1 aromatic carbocycles. The molecule has 1 fully saturated rings. The summed E-state index contributed by atoms with van der Waals surface area (Å²) >= 11 is 0. The van der Waals surface area contributed by atoms with Crippen LogP contribution in [0.25, 0.3) is 0 Å². The SMILES string of the molecule is COc1cc(CCC(=O)N2CC(CN)CC2C)cc(OC)c1.Cl. The molecule has 6 heteroatoms. The second-order valence-electron chi connectivity index (χ2n) is 5.95. The van der Waals surface area contributed by atoms with Crippen molar-refractivity contribution in [2.75, 3.05) is 27.3 Å². The maximum absolute atomic E-state index is 12.4. The molecule has 1 aliphatic heterocycles. The minimum absolute atomic E-state index is 0. The number of nitrogens with two attached hydrogens (primary N) is 1. The predicted octanol–water partition coefficient (Wildman–Crippen LogP) is 2.25. The molecule has 2 unspecified atom stereocenters. The minimum atomic E-state index is 0. The Morgan fingerprint density at radius 1 is 1.26 bits per heavy atom. The van der Waals surface area contributed by atoms with Crippen LogP contribution in [-0.4, -0.2) is 44.2 Å². The fraction of sp³-hybridized carbons (Fsp3) is 0.588. The standard InChI is InChI=1S/C17H26N2O3.ClH/c1-12-6-14(10-18)11-19(12)17(20)5-4-13-7-15(21-2)9-16(8-13)22-3;/h7-9,12,14H,4-6,10-11,18H2,1-3H3;1H. The van der Waals surface area contributed by atoms with Gasteiger partial charge in [0.2, 0.25) is 5.91 Å². The molecule has 1 saturated heterocycles. The van der Waals surface area contributed by atoms with Gasteiger partial charge in [0.05, 0.1) is 14.2 Å². The number of nitrogens with zero attached hydrogens (tertiary/aromatic N) is 1. The molecule has 2 N–H and O–H groups in total. The molecule has 5 nitrogen and oxygen atoms in total. The summed E-state index contributed by atoms with van der Waals surface area (Å²) in [6.45, 7) is 3.54. The Balaban J connectivity index is 0.00000264. The highest BCUT2D eigenvalue weighted by Crippen LogP contribution is 2.25. The van der Waals surface area contributed by atoms with E-state index >= 15 is 0 Å². The number of carbonyl (C=O) groups is 1. The average Bonchev–Trinajstić information content (AvgIpc) is 2.93. The van der Waals surface area contributed by atoms with Gasteiger partial charge in [0.15, 0.2) is 0 Å². The third-order valence-electron chi connectivity index (χ3n) is 4.35. The summed E-state index contributed by atoms with van der Waals surface area (Å²) in [5.41, 5.74) is 6.77. The number of ether oxygens (including phenoxy) is 2. The van der Waals surface area contributed by atoms with E-state index in [1.807, 2.05) is 23.1 Å². The number of hydrogen-bond donors (Lipinski definition) is 1. The van der Waals surface area contributed by atoms with Crippen LogP contribution in [0.4, 0.5) is 0 Å². The van der Waals surface area contributed by atoms with Gasteiger partial charge >= 0.3 is 0 Å². The number of halogens is 1. The Hall–Kier alpha value is -1.46. The van der Waals surface area contributed by atoms with Gasteiger partial charge in [0.1, 0.15) is 11.5 Å². The fourth-order valence-corrected chi connectivity index (χ4v) is 3.07. The molecular formula is C17H27ClN2O3. The Bertz CT molecular complexity index is 502. The van der Waals surface area contributed by atoms with E-state index in [4.69, 9.17) is 15.2 Å². The lowest BCUT2D eigenvalue weighted by molar-refractivity contribution is -0.131. The maximum Gasteiger partial charge on any atom is 0.223 e. The quantitative estimate of drug-likeness (QED) is 0.861. The number of carbonyl (C=O) groups excluding carboxylic acids is 1. The van der Waals surface area contributed by atoms with Gasteiger partial charge in [-0.2, -0.15) is 0 Å². The Morgan fingerprint density at radius 3 is 2.35 bits per heavy atom. The van der Waals surface area contributed by atoms with Gasteiger partial charge in [-0.25, -0.2) is 0 Å². The highest BCUT2D eigenvalue weighted by atomic mass is 35.5. The van der Waals surface area contributed by atoms with Crippen LogP contribution in [0.1, 0.15) is 25.3 Å². The number of aryl methyl sites for hydroxylation is 1. The summed E-state index contributed by atoms with van der Waals surface area (Å²) in [4.78, 5) is 14.4. The first-order valence-corrected chi connectivity index (χ1v) is 7.78. The van der Waals surface area contributed by atoms with E-state index in [0.29, 0.717) is 31.3 Å². The van der Waals surface area contributed by atoms with Crippen molar-refractivity contribution in [2.45, 2.75) is 32.2 Å². The van der Waals surface area contributed by atoms with Gasteiger partial charge in [-0.05, 0) is 49.9 Å². The van der Waals surface area contributed by atoms with Gasteiger partial charge in [0.25, 0.3) is 0 Å². The molecule has 23 heavy (non-hydrogen) atoms. The van der Waals surface area contributed by atoms with E-state index in [0.717, 1.165) is 30.0 Å². The fourth-order valence-electron chi connectivity index (χ4n) is 3.07. The minimum Gasteiger partial charge on any atom is -0.497 e. The second-order valence-corrected chi connectivity index (χ2v) is 5.95. The highest BCUT2D eigenvalue weighted by Gasteiger charge is 2.31. The monoisotopic (exact) mass is 342 g/mol. The molecule has 1 amide bonds. The predicted molar refractivity (Wildman–Crippen MR) is 93.5 cm³/mol. The van der Waals surface area contributed by atoms with Gasteiger partial charge in [-0.1, -0.05) is 0 Å². The van der Waals surface area contributed by atoms with Crippen LogP contribution >= 0.6 is 12.4 Å². The summed E-state index contributed by atoms with van der Waals surface area (Å²) in [6.07, 6.45) is 2.19. The highest BCUT2D eigenvalue weighted by molar-refractivity contribution is 5.85. The van der Waals surface area contributed by atoms with Gasteiger partial charge in [-0.3, -0.25) is 4.79 Å². The number of methoxy groups -OCH3 is 2. The third kappa shape index (κ3) is 5.01. The van der Waals surface area contributed by atoms with Gasteiger partial charge in [-0.15, -0.1) is 12.4 Å². The first-order chi connectivity index (χ1) is 10.6. The topological polar surface area (TPSA) is 64.8 Å². The lowest BCUT2D eigenvalue weighted by Gasteiger charge is -2.21. The van der Waals surface area contributed by atoms with Crippen molar-refractivity contribution in [3.63, 3.8) is 0 Å². The molecule has 0 aliphatic carbocycles. The molecule has 0 bridgehead atoms. The van der Waals surface area contributed by atoms with Crippen molar-refractivity contribution in [1.29, 1.82) is 0 Å². The van der Waals surface area contributed by atoms with Crippen molar-refractivity contribution >= 4 is 18.3 Å². The Labute approximate surface area is 144 Å². The largest absolute Gasteiger partial charge is 0.497 e.